The quantitative estimate of drug-likeness (QED) is 0.220. The number of benzene rings is 5. The molecule has 1 aromatic heterocycles. The molecule has 7 rings (SSSR count). The van der Waals surface area contributed by atoms with E-state index in [1.165, 1.54) is 0 Å². The molecule has 1 heterocycles. The predicted octanol–water partition coefficient (Wildman–Crippen LogP) is 6.89. The van der Waals surface area contributed by atoms with Crippen molar-refractivity contribution in [2.75, 3.05) is 0 Å². The van der Waals surface area contributed by atoms with E-state index >= 15 is 0 Å². The molecule has 0 radical (unpaired) electrons. The number of carbonyl (C=O) groups is 2. The normalized spacial score (nSPS) is 13.5. The molecule has 5 aromatic carbocycles. The van der Waals surface area contributed by atoms with Gasteiger partial charge in [0.15, 0.2) is 0 Å². The first-order valence-electron chi connectivity index (χ1n) is 14.1. The number of hydrogen-bond acceptors (Lipinski definition) is 4. The van der Waals surface area contributed by atoms with Gasteiger partial charge in [0.25, 0.3) is 5.91 Å². The fourth-order valence-electron chi connectivity index (χ4n) is 5.77. The van der Waals surface area contributed by atoms with Crippen molar-refractivity contribution >= 4 is 33.6 Å². The molecule has 0 spiro atoms. The zero-order valence-electron chi connectivity index (χ0n) is 23.1. The summed E-state index contributed by atoms with van der Waals surface area (Å²) in [4.78, 5) is 25.5. The lowest BCUT2D eigenvalue weighted by atomic mass is 9.98. The molecule has 43 heavy (non-hydrogen) atoms. The Bertz CT molecular complexity index is 2080. The Kier molecular flexibility index (Phi) is 6.25. The van der Waals surface area contributed by atoms with Crippen LogP contribution >= 0.6 is 0 Å². The monoisotopic (exact) mass is 562 g/mol. The summed E-state index contributed by atoms with van der Waals surface area (Å²) in [5, 5.41) is 29.7. The SMILES string of the molecule is N#Cc1ccc(-c2cc(C(=O)NC3(c4ccc(C(=O)O)cc4)CC3)c3c(cnn3Cc3ccc4ccccc4c3)c2)cc1. The van der Waals surface area contributed by atoms with Crippen LogP contribution in [0.4, 0.5) is 0 Å². The number of carboxylic acids is 1. The van der Waals surface area contributed by atoms with Crippen LogP contribution in [0.1, 0.15) is 50.2 Å². The summed E-state index contributed by atoms with van der Waals surface area (Å²) in [5.74, 6) is -1.21. The van der Waals surface area contributed by atoms with Gasteiger partial charge in [0.1, 0.15) is 0 Å². The van der Waals surface area contributed by atoms with Crippen LogP contribution in [0.3, 0.4) is 0 Å². The third-order valence-corrected chi connectivity index (χ3v) is 8.26. The first kappa shape index (κ1) is 26.2. The molecule has 0 unspecified atom stereocenters. The Labute approximate surface area is 247 Å². The second-order valence-corrected chi connectivity index (χ2v) is 11.1. The second kappa shape index (κ2) is 10.3. The summed E-state index contributed by atoms with van der Waals surface area (Å²) in [6.45, 7) is 0.493. The molecule has 1 amide bonds. The lowest BCUT2D eigenvalue weighted by Gasteiger charge is -2.19. The smallest absolute Gasteiger partial charge is 0.335 e. The van der Waals surface area contributed by atoms with Crippen LogP contribution in [0.25, 0.3) is 32.8 Å². The number of rotatable bonds is 7. The molecule has 0 saturated heterocycles. The molecule has 2 N–H and O–H groups in total. The van der Waals surface area contributed by atoms with E-state index in [0.29, 0.717) is 17.7 Å². The molecule has 1 saturated carbocycles. The van der Waals surface area contributed by atoms with Gasteiger partial charge in [0.2, 0.25) is 0 Å². The highest BCUT2D eigenvalue weighted by Gasteiger charge is 2.46. The number of nitrogens with zero attached hydrogens (tertiary/aromatic N) is 3. The van der Waals surface area contributed by atoms with Gasteiger partial charge in [-0.3, -0.25) is 9.48 Å². The highest BCUT2D eigenvalue weighted by molar-refractivity contribution is 6.08. The highest BCUT2D eigenvalue weighted by Crippen LogP contribution is 2.46. The number of carboxylic acid groups (broad SMARTS) is 1. The average molecular weight is 563 g/mol. The number of nitrogens with one attached hydrogen (secondary N) is 1. The van der Waals surface area contributed by atoms with Gasteiger partial charge in [-0.05, 0) is 88.3 Å². The molecule has 7 heteroatoms. The summed E-state index contributed by atoms with van der Waals surface area (Å²) in [6.07, 6.45) is 3.32. The zero-order chi connectivity index (χ0) is 29.6. The molecule has 0 bridgehead atoms. The molecular weight excluding hydrogens is 536 g/mol. The first-order chi connectivity index (χ1) is 20.9. The Balaban J connectivity index is 1.29. The Morgan fingerprint density at radius 2 is 1.60 bits per heavy atom. The van der Waals surface area contributed by atoms with E-state index in [1.54, 1.807) is 42.6 Å². The Morgan fingerprint density at radius 1 is 0.860 bits per heavy atom. The van der Waals surface area contributed by atoms with Gasteiger partial charge in [0, 0.05) is 5.39 Å². The lowest BCUT2D eigenvalue weighted by Crippen LogP contribution is -2.35. The Hall–Kier alpha value is -5.74. The number of amides is 1. The maximum atomic E-state index is 14.1. The van der Waals surface area contributed by atoms with Crippen LogP contribution in [0.5, 0.6) is 0 Å². The number of aromatic carboxylic acids is 1. The maximum Gasteiger partial charge on any atom is 0.335 e. The van der Waals surface area contributed by atoms with E-state index in [-0.39, 0.29) is 11.5 Å². The van der Waals surface area contributed by atoms with Crippen LogP contribution in [0.2, 0.25) is 0 Å². The molecule has 1 fully saturated rings. The number of aromatic nitrogens is 2. The van der Waals surface area contributed by atoms with E-state index in [4.69, 9.17) is 5.10 Å². The topological polar surface area (TPSA) is 108 Å². The van der Waals surface area contributed by atoms with Gasteiger partial charge in [-0.2, -0.15) is 10.4 Å². The van der Waals surface area contributed by atoms with Gasteiger partial charge in [0.05, 0.1) is 46.6 Å². The first-order valence-corrected chi connectivity index (χ1v) is 14.1. The summed E-state index contributed by atoms with van der Waals surface area (Å²) in [5.41, 5.74) is 5.16. The Morgan fingerprint density at radius 3 is 2.30 bits per heavy atom. The van der Waals surface area contributed by atoms with Gasteiger partial charge in [-0.25, -0.2) is 4.79 Å². The highest BCUT2D eigenvalue weighted by atomic mass is 16.4. The zero-order valence-corrected chi connectivity index (χ0v) is 23.1. The number of fused-ring (bicyclic) bond motifs is 2. The minimum atomic E-state index is -0.984. The van der Waals surface area contributed by atoms with E-state index in [2.05, 4.69) is 41.7 Å². The van der Waals surface area contributed by atoms with Crippen LogP contribution in [-0.4, -0.2) is 26.8 Å². The van der Waals surface area contributed by atoms with E-state index in [0.717, 1.165) is 56.8 Å². The molecular formula is C36H26N4O3. The largest absolute Gasteiger partial charge is 0.478 e. The van der Waals surface area contributed by atoms with Crippen LogP contribution in [0.15, 0.2) is 109 Å². The molecule has 7 nitrogen and oxygen atoms in total. The molecule has 0 atom stereocenters. The minimum Gasteiger partial charge on any atom is -0.478 e. The summed E-state index contributed by atoms with van der Waals surface area (Å²) in [6, 6.07) is 34.6. The van der Waals surface area contributed by atoms with Gasteiger partial charge >= 0.3 is 5.97 Å². The fraction of sp³-hybridized carbons (Fsp3) is 0.111. The molecule has 0 aliphatic heterocycles. The lowest BCUT2D eigenvalue weighted by molar-refractivity contribution is 0.0696. The summed E-state index contributed by atoms with van der Waals surface area (Å²) >= 11 is 0. The maximum absolute atomic E-state index is 14.1. The predicted molar refractivity (Wildman–Crippen MR) is 165 cm³/mol. The van der Waals surface area contributed by atoms with E-state index < -0.39 is 11.5 Å². The van der Waals surface area contributed by atoms with Gasteiger partial charge < -0.3 is 10.4 Å². The molecule has 1 aliphatic rings. The number of nitriles is 1. The van der Waals surface area contributed by atoms with Crippen molar-refractivity contribution in [3.63, 3.8) is 0 Å². The fourth-order valence-corrected chi connectivity index (χ4v) is 5.77. The molecule has 6 aromatic rings. The van der Waals surface area contributed by atoms with Gasteiger partial charge in [-0.1, -0.05) is 60.7 Å². The van der Waals surface area contributed by atoms with Gasteiger partial charge in [-0.15, -0.1) is 0 Å². The third kappa shape index (κ3) is 4.89. The third-order valence-electron chi connectivity index (χ3n) is 8.26. The van der Waals surface area contributed by atoms with Crippen molar-refractivity contribution in [2.24, 2.45) is 0 Å². The standard InChI is InChI=1S/C36H26N4O3/c37-20-23-5-8-26(9-6-23)29-18-30-21-38-40(22-24-7-10-25-3-1-2-4-28(25)17-24)33(30)32(19-29)34(41)39-36(15-16-36)31-13-11-27(12-14-31)35(42)43/h1-14,17-19,21H,15-16,22H2,(H,39,41)(H,42,43). The molecule has 1 aliphatic carbocycles. The molecule has 208 valence electrons. The van der Waals surface area contributed by atoms with Crippen molar-refractivity contribution in [3.8, 4) is 17.2 Å². The van der Waals surface area contributed by atoms with Crippen LogP contribution in [0, 0.1) is 11.3 Å². The average Bonchev–Trinajstić information content (AvgIpc) is 3.72. The second-order valence-electron chi connectivity index (χ2n) is 11.1. The van der Waals surface area contributed by atoms with Crippen molar-refractivity contribution in [3.05, 3.63) is 137 Å². The van der Waals surface area contributed by atoms with E-state index in [1.807, 2.05) is 41.1 Å². The van der Waals surface area contributed by atoms with Crippen LogP contribution in [-0.2, 0) is 12.1 Å². The van der Waals surface area contributed by atoms with Crippen LogP contribution < -0.4 is 5.32 Å². The van der Waals surface area contributed by atoms with Crippen molar-refractivity contribution in [1.82, 2.24) is 15.1 Å². The number of carbonyl (C=O) groups excluding carboxylic acids is 1. The summed E-state index contributed by atoms with van der Waals surface area (Å²) < 4.78 is 1.87. The summed E-state index contributed by atoms with van der Waals surface area (Å²) in [7, 11) is 0. The van der Waals surface area contributed by atoms with Crippen molar-refractivity contribution in [1.29, 1.82) is 5.26 Å². The van der Waals surface area contributed by atoms with Crippen molar-refractivity contribution < 1.29 is 14.7 Å². The van der Waals surface area contributed by atoms with E-state index in [9.17, 15) is 20.0 Å². The minimum absolute atomic E-state index is 0.209. The van der Waals surface area contributed by atoms with Crippen molar-refractivity contribution in [2.45, 2.75) is 24.9 Å². The number of hydrogen-bond donors (Lipinski definition) is 2.